The van der Waals surface area contributed by atoms with Crippen molar-refractivity contribution < 1.29 is 4.79 Å². The van der Waals surface area contributed by atoms with E-state index in [1.165, 1.54) is 6.42 Å². The fourth-order valence-corrected chi connectivity index (χ4v) is 4.15. The van der Waals surface area contributed by atoms with E-state index < -0.39 is 0 Å². The van der Waals surface area contributed by atoms with Crippen molar-refractivity contribution in [3.8, 4) is 0 Å². The Kier molecular flexibility index (Phi) is 2.62. The average Bonchev–Trinajstić information content (AvgIpc) is 3.09. The van der Waals surface area contributed by atoms with Crippen molar-refractivity contribution >= 4 is 17.3 Å². The van der Waals surface area contributed by atoms with Crippen molar-refractivity contribution in [2.24, 2.45) is 17.8 Å². The lowest BCUT2D eigenvalue weighted by Crippen LogP contribution is -2.41. The van der Waals surface area contributed by atoms with Gasteiger partial charge in [-0.1, -0.05) is 18.2 Å². The lowest BCUT2D eigenvalue weighted by Gasteiger charge is -2.33. The molecule has 3 nitrogen and oxygen atoms in total. The number of hydrogen-bond acceptors (Lipinski definition) is 2. The smallest absolute Gasteiger partial charge is 0.230 e. The van der Waals surface area contributed by atoms with Crippen LogP contribution in [0.2, 0.25) is 0 Å². The number of carbonyl (C=O) groups excluding carboxylic acids is 1. The number of amides is 1. The third-order valence-corrected chi connectivity index (χ3v) is 5.15. The highest BCUT2D eigenvalue weighted by atomic mass is 16.2. The summed E-state index contributed by atoms with van der Waals surface area (Å²) in [6.45, 7) is 0.840. The number of nitrogens with zero attached hydrogens (tertiary/aromatic N) is 1. The van der Waals surface area contributed by atoms with E-state index in [-0.39, 0.29) is 5.92 Å². The van der Waals surface area contributed by atoms with Gasteiger partial charge >= 0.3 is 0 Å². The van der Waals surface area contributed by atoms with Crippen LogP contribution in [0.3, 0.4) is 0 Å². The summed E-state index contributed by atoms with van der Waals surface area (Å²) >= 11 is 0. The molecule has 104 valence electrons. The molecule has 1 fully saturated rings. The van der Waals surface area contributed by atoms with Gasteiger partial charge in [-0.2, -0.15) is 0 Å². The van der Waals surface area contributed by atoms with E-state index in [2.05, 4.69) is 12.2 Å². The topological polar surface area (TPSA) is 46.3 Å². The summed E-state index contributed by atoms with van der Waals surface area (Å²) < 4.78 is 0. The van der Waals surface area contributed by atoms with Crippen LogP contribution >= 0.6 is 0 Å². The second kappa shape index (κ2) is 4.37. The molecule has 1 amide bonds. The third kappa shape index (κ3) is 1.69. The molecular formula is C17H20N2O. The minimum Gasteiger partial charge on any atom is -0.398 e. The summed E-state index contributed by atoms with van der Waals surface area (Å²) in [5, 5.41) is 0. The largest absolute Gasteiger partial charge is 0.398 e. The Balaban J connectivity index is 1.66. The number of fused-ring (bicyclic) bond motifs is 3. The molecule has 3 aliphatic rings. The van der Waals surface area contributed by atoms with Crippen LogP contribution in [0.25, 0.3) is 0 Å². The van der Waals surface area contributed by atoms with Crippen molar-refractivity contribution in [3.63, 3.8) is 0 Å². The van der Waals surface area contributed by atoms with E-state index in [1.54, 1.807) is 0 Å². The molecule has 4 rings (SSSR count). The second-order valence-corrected chi connectivity index (χ2v) is 6.33. The van der Waals surface area contributed by atoms with Crippen LogP contribution < -0.4 is 10.6 Å². The van der Waals surface area contributed by atoms with Gasteiger partial charge in [-0.15, -0.1) is 0 Å². The van der Waals surface area contributed by atoms with Gasteiger partial charge in [-0.3, -0.25) is 4.79 Å². The number of rotatable bonds is 1. The van der Waals surface area contributed by atoms with Gasteiger partial charge in [-0.05, 0) is 55.2 Å². The zero-order valence-corrected chi connectivity index (χ0v) is 11.6. The van der Waals surface area contributed by atoms with Crippen LogP contribution in [0.15, 0.2) is 30.4 Å². The van der Waals surface area contributed by atoms with Crippen LogP contribution in [0.4, 0.5) is 11.4 Å². The van der Waals surface area contributed by atoms with E-state index in [0.29, 0.717) is 17.7 Å². The number of nitrogens with two attached hydrogens (primary N) is 1. The molecule has 3 atom stereocenters. The quantitative estimate of drug-likeness (QED) is 0.629. The van der Waals surface area contributed by atoms with Gasteiger partial charge in [0.1, 0.15) is 0 Å². The van der Waals surface area contributed by atoms with Gasteiger partial charge < -0.3 is 10.6 Å². The average molecular weight is 268 g/mol. The lowest BCUT2D eigenvalue weighted by atomic mass is 9.90. The minimum atomic E-state index is 0.192. The van der Waals surface area contributed by atoms with Crippen molar-refractivity contribution in [1.29, 1.82) is 0 Å². The summed E-state index contributed by atoms with van der Waals surface area (Å²) in [6, 6.07) is 5.94. The predicted molar refractivity (Wildman–Crippen MR) is 80.4 cm³/mol. The summed E-state index contributed by atoms with van der Waals surface area (Å²) in [5.41, 5.74) is 9.10. The molecule has 2 bridgehead atoms. The maximum absolute atomic E-state index is 12.9. The van der Waals surface area contributed by atoms with Crippen LogP contribution in [0.5, 0.6) is 0 Å². The molecule has 2 N–H and O–H groups in total. The standard InChI is InChI=1S/C17H20N2O/c18-15-4-1-5-16-13(15)3-2-8-19(16)17(20)14-10-11-6-7-12(14)9-11/h1,4-7,11-12,14H,2-3,8-10,18H2. The summed E-state index contributed by atoms with van der Waals surface area (Å²) in [7, 11) is 0. The molecule has 1 aliphatic heterocycles. The Morgan fingerprint density at radius 2 is 2.15 bits per heavy atom. The normalized spacial score (nSPS) is 30.6. The first-order valence-electron chi connectivity index (χ1n) is 7.61. The minimum absolute atomic E-state index is 0.192. The highest BCUT2D eigenvalue weighted by Gasteiger charge is 2.42. The maximum Gasteiger partial charge on any atom is 0.230 e. The van der Waals surface area contributed by atoms with Crippen LogP contribution in [-0.4, -0.2) is 12.5 Å². The van der Waals surface area contributed by atoms with E-state index in [0.717, 1.165) is 42.7 Å². The molecule has 0 aromatic heterocycles. The maximum atomic E-state index is 12.9. The van der Waals surface area contributed by atoms with Gasteiger partial charge in [0.15, 0.2) is 0 Å². The Bertz CT molecular complexity index is 593. The Hall–Kier alpha value is -1.77. The molecule has 3 heteroatoms. The first-order chi connectivity index (χ1) is 9.74. The van der Waals surface area contributed by atoms with Gasteiger partial charge in [0.05, 0.1) is 0 Å². The Morgan fingerprint density at radius 1 is 1.25 bits per heavy atom. The van der Waals surface area contributed by atoms with Gasteiger partial charge in [0.25, 0.3) is 0 Å². The molecular weight excluding hydrogens is 248 g/mol. The van der Waals surface area contributed by atoms with Crippen LogP contribution in [0.1, 0.15) is 24.8 Å². The Labute approximate surface area is 119 Å². The van der Waals surface area contributed by atoms with Crippen molar-refractivity contribution in [2.45, 2.75) is 25.7 Å². The molecule has 3 unspecified atom stereocenters. The molecule has 0 radical (unpaired) electrons. The SMILES string of the molecule is Nc1cccc2c1CCCN2C(=O)C1CC2C=CC1C2. The molecule has 1 saturated carbocycles. The molecule has 0 saturated heterocycles. The van der Waals surface area contributed by atoms with Crippen molar-refractivity contribution in [1.82, 2.24) is 0 Å². The molecule has 0 spiro atoms. The number of anilines is 2. The fraction of sp³-hybridized carbons (Fsp3) is 0.471. The van der Waals surface area contributed by atoms with E-state index in [9.17, 15) is 4.79 Å². The Morgan fingerprint density at radius 3 is 2.90 bits per heavy atom. The first-order valence-corrected chi connectivity index (χ1v) is 7.61. The van der Waals surface area contributed by atoms with Gasteiger partial charge in [0, 0.05) is 23.8 Å². The molecule has 1 aromatic carbocycles. The number of hydrogen-bond donors (Lipinski definition) is 1. The number of allylic oxidation sites excluding steroid dienone is 2. The third-order valence-electron chi connectivity index (χ3n) is 5.15. The summed E-state index contributed by atoms with van der Waals surface area (Å²) in [4.78, 5) is 14.9. The van der Waals surface area contributed by atoms with E-state index in [4.69, 9.17) is 5.73 Å². The molecule has 2 aliphatic carbocycles. The van der Waals surface area contributed by atoms with E-state index in [1.807, 2.05) is 23.1 Å². The van der Waals surface area contributed by atoms with Crippen molar-refractivity contribution in [2.75, 3.05) is 17.2 Å². The van der Waals surface area contributed by atoms with Crippen LogP contribution in [0, 0.1) is 17.8 Å². The van der Waals surface area contributed by atoms with Crippen LogP contribution in [-0.2, 0) is 11.2 Å². The zero-order valence-electron chi connectivity index (χ0n) is 11.6. The second-order valence-electron chi connectivity index (χ2n) is 6.33. The monoisotopic (exact) mass is 268 g/mol. The molecule has 20 heavy (non-hydrogen) atoms. The van der Waals surface area contributed by atoms with E-state index >= 15 is 0 Å². The predicted octanol–water partition coefficient (Wildman–Crippen LogP) is 2.76. The highest BCUT2D eigenvalue weighted by Crippen LogP contribution is 2.45. The summed E-state index contributed by atoms with van der Waals surface area (Å²) in [5.74, 6) is 1.61. The number of benzene rings is 1. The summed E-state index contributed by atoms with van der Waals surface area (Å²) in [6.07, 6.45) is 8.76. The zero-order chi connectivity index (χ0) is 13.7. The molecule has 1 aromatic rings. The highest BCUT2D eigenvalue weighted by molar-refractivity contribution is 5.97. The number of nitrogen functional groups attached to an aromatic ring is 1. The van der Waals surface area contributed by atoms with Gasteiger partial charge in [0.2, 0.25) is 5.91 Å². The fourth-order valence-electron chi connectivity index (χ4n) is 4.15. The lowest BCUT2D eigenvalue weighted by molar-refractivity contribution is -0.123. The molecule has 1 heterocycles. The number of carbonyl (C=O) groups is 1. The first kappa shape index (κ1) is 12.0. The van der Waals surface area contributed by atoms with Gasteiger partial charge in [-0.25, -0.2) is 0 Å². The van der Waals surface area contributed by atoms with Crippen molar-refractivity contribution in [3.05, 3.63) is 35.9 Å².